The molecule has 1 aromatic rings. The molecule has 3 rings (SSSR count). The van der Waals surface area contributed by atoms with Gasteiger partial charge in [0.25, 0.3) is 5.91 Å². The number of likely N-dealkylation sites (tertiary alicyclic amines) is 1. The van der Waals surface area contributed by atoms with Gasteiger partial charge in [-0.3, -0.25) is 25.2 Å². The first kappa shape index (κ1) is 20.8. The van der Waals surface area contributed by atoms with Gasteiger partial charge in [-0.1, -0.05) is 0 Å². The SMILES string of the molecule is COc1cc(C(=O)NNC(=O)C2CCN(C(=O)C3CC3)CC2)cc(OC)c1OC. The first-order valence-corrected chi connectivity index (χ1v) is 9.67. The van der Waals surface area contributed by atoms with Crippen molar-refractivity contribution < 1.29 is 28.6 Å². The maximum Gasteiger partial charge on any atom is 0.269 e. The Labute approximate surface area is 169 Å². The Morgan fingerprint density at radius 2 is 1.45 bits per heavy atom. The van der Waals surface area contributed by atoms with Crippen molar-refractivity contribution >= 4 is 17.7 Å². The lowest BCUT2D eigenvalue weighted by Crippen LogP contribution is -2.48. The predicted molar refractivity (Wildman–Crippen MR) is 104 cm³/mol. The number of amides is 3. The molecular weight excluding hydrogens is 378 g/mol. The van der Waals surface area contributed by atoms with Gasteiger partial charge in [0.2, 0.25) is 17.6 Å². The van der Waals surface area contributed by atoms with Gasteiger partial charge in [-0.2, -0.15) is 0 Å². The monoisotopic (exact) mass is 405 g/mol. The number of benzene rings is 1. The van der Waals surface area contributed by atoms with E-state index < -0.39 is 5.91 Å². The van der Waals surface area contributed by atoms with E-state index in [0.717, 1.165) is 12.8 Å². The van der Waals surface area contributed by atoms with E-state index >= 15 is 0 Å². The minimum absolute atomic E-state index is 0.193. The van der Waals surface area contributed by atoms with Gasteiger partial charge in [-0.25, -0.2) is 0 Å². The number of methoxy groups -OCH3 is 3. The average Bonchev–Trinajstić information content (AvgIpc) is 3.61. The van der Waals surface area contributed by atoms with Crippen molar-refractivity contribution in [2.24, 2.45) is 11.8 Å². The van der Waals surface area contributed by atoms with Crippen LogP contribution in [0.25, 0.3) is 0 Å². The largest absolute Gasteiger partial charge is 0.493 e. The van der Waals surface area contributed by atoms with E-state index in [1.165, 1.54) is 33.5 Å². The zero-order valence-electron chi connectivity index (χ0n) is 16.9. The number of hydrogen-bond acceptors (Lipinski definition) is 6. The van der Waals surface area contributed by atoms with Crippen LogP contribution in [0.5, 0.6) is 17.2 Å². The first-order valence-electron chi connectivity index (χ1n) is 9.67. The second-order valence-electron chi connectivity index (χ2n) is 7.23. The molecule has 1 aliphatic heterocycles. The van der Waals surface area contributed by atoms with Crippen LogP contribution in [0.3, 0.4) is 0 Å². The van der Waals surface area contributed by atoms with Crippen LogP contribution in [-0.4, -0.2) is 57.0 Å². The number of rotatable bonds is 6. The van der Waals surface area contributed by atoms with Crippen molar-refractivity contribution in [2.75, 3.05) is 34.4 Å². The summed E-state index contributed by atoms with van der Waals surface area (Å²) in [7, 11) is 4.39. The zero-order valence-corrected chi connectivity index (χ0v) is 16.9. The average molecular weight is 405 g/mol. The fourth-order valence-electron chi connectivity index (χ4n) is 3.46. The van der Waals surface area contributed by atoms with Gasteiger partial charge in [-0.15, -0.1) is 0 Å². The molecule has 2 N–H and O–H groups in total. The molecule has 0 radical (unpaired) electrons. The molecule has 2 aliphatic rings. The molecule has 9 nitrogen and oxygen atoms in total. The summed E-state index contributed by atoms with van der Waals surface area (Å²) < 4.78 is 15.7. The minimum atomic E-state index is -0.501. The Morgan fingerprint density at radius 3 is 1.93 bits per heavy atom. The lowest BCUT2D eigenvalue weighted by atomic mass is 9.96. The molecule has 1 aromatic carbocycles. The third-order valence-electron chi connectivity index (χ3n) is 5.33. The molecule has 1 aliphatic carbocycles. The number of carbonyl (C=O) groups is 3. The molecular formula is C20H27N3O6. The summed E-state index contributed by atoms with van der Waals surface area (Å²) in [4.78, 5) is 38.8. The third kappa shape index (κ3) is 4.72. The number of hydrazine groups is 1. The summed E-state index contributed by atoms with van der Waals surface area (Å²) in [5.74, 6) is 0.467. The number of nitrogens with one attached hydrogen (secondary N) is 2. The van der Waals surface area contributed by atoms with E-state index in [1.807, 2.05) is 4.90 Å². The third-order valence-corrected chi connectivity index (χ3v) is 5.33. The van der Waals surface area contributed by atoms with Crippen molar-refractivity contribution in [3.63, 3.8) is 0 Å². The lowest BCUT2D eigenvalue weighted by Gasteiger charge is -2.31. The van der Waals surface area contributed by atoms with Crippen LogP contribution >= 0.6 is 0 Å². The van der Waals surface area contributed by atoms with Crippen molar-refractivity contribution in [3.05, 3.63) is 17.7 Å². The highest BCUT2D eigenvalue weighted by molar-refractivity contribution is 5.96. The lowest BCUT2D eigenvalue weighted by molar-refractivity contribution is -0.136. The first-order chi connectivity index (χ1) is 14.0. The van der Waals surface area contributed by atoms with E-state index in [-0.39, 0.29) is 29.2 Å². The quantitative estimate of drug-likeness (QED) is 0.687. The van der Waals surface area contributed by atoms with Crippen LogP contribution in [0.2, 0.25) is 0 Å². The molecule has 0 unspecified atom stereocenters. The van der Waals surface area contributed by atoms with Crippen LogP contribution < -0.4 is 25.1 Å². The highest BCUT2D eigenvalue weighted by Gasteiger charge is 2.36. The molecule has 29 heavy (non-hydrogen) atoms. The van der Waals surface area contributed by atoms with E-state index in [4.69, 9.17) is 14.2 Å². The highest BCUT2D eigenvalue weighted by Crippen LogP contribution is 2.38. The van der Waals surface area contributed by atoms with E-state index in [0.29, 0.717) is 43.2 Å². The summed E-state index contributed by atoms with van der Waals surface area (Å²) in [5.41, 5.74) is 5.16. The van der Waals surface area contributed by atoms with Crippen LogP contribution in [0.15, 0.2) is 12.1 Å². The molecule has 2 fully saturated rings. The second-order valence-corrected chi connectivity index (χ2v) is 7.23. The van der Waals surface area contributed by atoms with E-state index in [1.54, 1.807) is 0 Å². The van der Waals surface area contributed by atoms with Crippen LogP contribution in [-0.2, 0) is 9.59 Å². The standard InChI is InChI=1S/C20H27N3O6/c1-27-15-10-14(11-16(28-2)17(15)29-3)19(25)22-21-18(24)12-6-8-23(9-7-12)20(26)13-4-5-13/h10-13H,4-9H2,1-3H3,(H,21,24)(H,22,25). The fraction of sp³-hybridized carbons (Fsp3) is 0.550. The molecule has 0 bridgehead atoms. The fourth-order valence-corrected chi connectivity index (χ4v) is 3.46. The summed E-state index contributed by atoms with van der Waals surface area (Å²) in [6, 6.07) is 3.01. The van der Waals surface area contributed by atoms with E-state index in [9.17, 15) is 14.4 Å². The normalized spacial score (nSPS) is 16.7. The highest BCUT2D eigenvalue weighted by atomic mass is 16.5. The Balaban J connectivity index is 1.54. The molecule has 3 amide bonds. The topological polar surface area (TPSA) is 106 Å². The molecule has 1 heterocycles. The molecule has 1 saturated heterocycles. The van der Waals surface area contributed by atoms with Gasteiger partial charge in [0.1, 0.15) is 0 Å². The van der Waals surface area contributed by atoms with Crippen LogP contribution in [0.1, 0.15) is 36.0 Å². The van der Waals surface area contributed by atoms with Crippen molar-refractivity contribution in [1.29, 1.82) is 0 Å². The van der Waals surface area contributed by atoms with Gasteiger partial charge < -0.3 is 19.1 Å². The number of nitrogens with zero attached hydrogens (tertiary/aromatic N) is 1. The molecule has 1 saturated carbocycles. The maximum absolute atomic E-state index is 12.5. The summed E-state index contributed by atoms with van der Waals surface area (Å²) in [5, 5.41) is 0. The number of carbonyl (C=O) groups excluding carboxylic acids is 3. The number of hydrogen-bond donors (Lipinski definition) is 2. The van der Waals surface area contributed by atoms with Crippen LogP contribution in [0, 0.1) is 11.8 Å². The maximum atomic E-state index is 12.5. The summed E-state index contributed by atoms with van der Waals surface area (Å²) in [6.45, 7) is 1.16. The Kier molecular flexibility index (Phi) is 6.46. The number of piperidine rings is 1. The van der Waals surface area contributed by atoms with Crippen LogP contribution in [0.4, 0.5) is 0 Å². The van der Waals surface area contributed by atoms with E-state index in [2.05, 4.69) is 10.9 Å². The zero-order chi connectivity index (χ0) is 21.0. The Morgan fingerprint density at radius 1 is 0.862 bits per heavy atom. The minimum Gasteiger partial charge on any atom is -0.493 e. The van der Waals surface area contributed by atoms with Gasteiger partial charge in [0.05, 0.1) is 21.3 Å². The van der Waals surface area contributed by atoms with Gasteiger partial charge in [0.15, 0.2) is 11.5 Å². The summed E-state index contributed by atoms with van der Waals surface area (Å²) in [6.07, 6.45) is 3.13. The molecule has 158 valence electrons. The Bertz CT molecular complexity index is 759. The van der Waals surface area contributed by atoms with Gasteiger partial charge in [-0.05, 0) is 37.8 Å². The summed E-state index contributed by atoms with van der Waals surface area (Å²) >= 11 is 0. The molecule has 9 heteroatoms. The molecule has 0 atom stereocenters. The Hall–Kier alpha value is -2.97. The molecule has 0 spiro atoms. The van der Waals surface area contributed by atoms with Crippen molar-refractivity contribution in [3.8, 4) is 17.2 Å². The van der Waals surface area contributed by atoms with Crippen molar-refractivity contribution in [2.45, 2.75) is 25.7 Å². The number of ether oxygens (including phenoxy) is 3. The molecule has 0 aromatic heterocycles. The predicted octanol–water partition coefficient (Wildman–Crippen LogP) is 1.12. The smallest absolute Gasteiger partial charge is 0.269 e. The second kappa shape index (κ2) is 9.02. The van der Waals surface area contributed by atoms with Crippen molar-refractivity contribution in [1.82, 2.24) is 15.8 Å². The van der Waals surface area contributed by atoms with Gasteiger partial charge >= 0.3 is 0 Å². The van der Waals surface area contributed by atoms with Gasteiger partial charge in [0, 0.05) is 30.5 Å².